The van der Waals surface area contributed by atoms with Crippen molar-refractivity contribution in [2.75, 3.05) is 43.1 Å². The minimum absolute atomic E-state index is 0.0881. The first-order chi connectivity index (χ1) is 12.7. The molecule has 26 heavy (non-hydrogen) atoms. The molecule has 0 aliphatic carbocycles. The molecule has 0 aromatic heterocycles. The van der Waals surface area contributed by atoms with Crippen LogP contribution >= 0.6 is 11.6 Å². The normalized spacial score (nSPS) is 14.3. The van der Waals surface area contributed by atoms with Crippen LogP contribution in [0.15, 0.2) is 48.5 Å². The van der Waals surface area contributed by atoms with Crippen molar-refractivity contribution < 1.29 is 14.3 Å². The lowest BCUT2D eigenvalue weighted by molar-refractivity contribution is -0.117. The molecule has 0 radical (unpaired) electrons. The first kappa shape index (κ1) is 18.7. The van der Waals surface area contributed by atoms with Gasteiger partial charge in [-0.3, -0.25) is 4.79 Å². The van der Waals surface area contributed by atoms with E-state index in [4.69, 9.17) is 21.1 Å². The molecule has 1 aliphatic heterocycles. The van der Waals surface area contributed by atoms with Crippen LogP contribution in [0.25, 0.3) is 0 Å². The molecular formula is C20H23ClN2O3. The molecule has 1 aliphatic rings. The molecule has 5 nitrogen and oxygen atoms in total. The monoisotopic (exact) mass is 374 g/mol. The zero-order chi connectivity index (χ0) is 18.2. The average molecular weight is 375 g/mol. The maximum atomic E-state index is 12.3. The number of ether oxygens (including phenoxy) is 2. The number of hydrogen-bond donors (Lipinski definition) is 1. The minimum Gasteiger partial charge on any atom is -0.378 e. The molecule has 1 fully saturated rings. The molecule has 1 saturated heterocycles. The van der Waals surface area contributed by atoms with Gasteiger partial charge >= 0.3 is 0 Å². The minimum atomic E-state index is -0.0881. The second kappa shape index (κ2) is 9.57. The molecule has 0 unspecified atom stereocenters. The van der Waals surface area contributed by atoms with E-state index in [9.17, 15) is 4.79 Å². The highest BCUT2D eigenvalue weighted by molar-refractivity contribution is 6.31. The Morgan fingerprint density at radius 3 is 2.69 bits per heavy atom. The van der Waals surface area contributed by atoms with Crippen molar-refractivity contribution in [3.8, 4) is 0 Å². The number of carbonyl (C=O) groups excluding carboxylic acids is 1. The Bertz CT molecular complexity index is 718. The van der Waals surface area contributed by atoms with Gasteiger partial charge in [-0.1, -0.05) is 41.9 Å². The van der Waals surface area contributed by atoms with Crippen molar-refractivity contribution >= 4 is 28.9 Å². The summed E-state index contributed by atoms with van der Waals surface area (Å²) in [5.74, 6) is -0.0881. The van der Waals surface area contributed by atoms with Crippen LogP contribution in [0.3, 0.4) is 0 Å². The maximum absolute atomic E-state index is 12.3. The number of amides is 1. The number of nitrogens with zero attached hydrogens (tertiary/aromatic N) is 1. The summed E-state index contributed by atoms with van der Waals surface area (Å²) in [6.07, 6.45) is 0.294. The van der Waals surface area contributed by atoms with Crippen LogP contribution in [-0.4, -0.2) is 38.8 Å². The molecule has 2 aromatic rings. The average Bonchev–Trinajstić information content (AvgIpc) is 2.67. The molecule has 0 bridgehead atoms. The lowest BCUT2D eigenvalue weighted by Gasteiger charge is -2.30. The van der Waals surface area contributed by atoms with Gasteiger partial charge in [0.05, 0.1) is 44.2 Å². The van der Waals surface area contributed by atoms with Crippen LogP contribution in [0.5, 0.6) is 0 Å². The van der Waals surface area contributed by atoms with Crippen LogP contribution < -0.4 is 10.2 Å². The molecule has 2 aromatic carbocycles. The third-order valence-corrected chi connectivity index (χ3v) is 4.40. The SMILES string of the molecule is O=C(CCOCc1ccccc1)Nc1cc(Cl)ccc1N1CCOCC1. The van der Waals surface area contributed by atoms with Crippen molar-refractivity contribution in [2.45, 2.75) is 13.0 Å². The van der Waals surface area contributed by atoms with Crippen molar-refractivity contribution in [1.82, 2.24) is 0 Å². The lowest BCUT2D eigenvalue weighted by Crippen LogP contribution is -2.36. The lowest BCUT2D eigenvalue weighted by atomic mass is 10.2. The van der Waals surface area contributed by atoms with Crippen molar-refractivity contribution in [3.05, 3.63) is 59.1 Å². The highest BCUT2D eigenvalue weighted by atomic mass is 35.5. The maximum Gasteiger partial charge on any atom is 0.226 e. The van der Waals surface area contributed by atoms with E-state index in [0.29, 0.717) is 37.9 Å². The van der Waals surface area contributed by atoms with Gasteiger partial charge in [-0.15, -0.1) is 0 Å². The van der Waals surface area contributed by atoms with Gasteiger partial charge in [-0.05, 0) is 23.8 Å². The van der Waals surface area contributed by atoms with E-state index in [1.807, 2.05) is 42.5 Å². The molecule has 1 N–H and O–H groups in total. The second-order valence-electron chi connectivity index (χ2n) is 6.10. The Labute approximate surface area is 158 Å². The number of anilines is 2. The molecular weight excluding hydrogens is 352 g/mol. The molecule has 0 saturated carbocycles. The van der Waals surface area contributed by atoms with Crippen molar-refractivity contribution in [3.63, 3.8) is 0 Å². The van der Waals surface area contributed by atoms with Gasteiger partial charge < -0.3 is 19.7 Å². The van der Waals surface area contributed by atoms with Crippen LogP contribution in [0.1, 0.15) is 12.0 Å². The fourth-order valence-electron chi connectivity index (χ4n) is 2.83. The number of halogens is 1. The molecule has 138 valence electrons. The molecule has 3 rings (SSSR count). The van der Waals surface area contributed by atoms with Gasteiger partial charge in [0, 0.05) is 18.1 Å². The molecule has 1 amide bonds. The molecule has 1 heterocycles. The van der Waals surface area contributed by atoms with E-state index in [1.165, 1.54) is 0 Å². The highest BCUT2D eigenvalue weighted by Gasteiger charge is 2.16. The Balaban J connectivity index is 1.52. The van der Waals surface area contributed by atoms with Gasteiger partial charge in [-0.25, -0.2) is 0 Å². The Kier molecular flexibility index (Phi) is 6.89. The van der Waals surface area contributed by atoms with Crippen molar-refractivity contribution in [1.29, 1.82) is 0 Å². The van der Waals surface area contributed by atoms with E-state index in [2.05, 4.69) is 10.2 Å². The van der Waals surface area contributed by atoms with Gasteiger partial charge in [0.25, 0.3) is 0 Å². The first-order valence-electron chi connectivity index (χ1n) is 8.76. The summed E-state index contributed by atoms with van der Waals surface area (Å²) in [6.45, 7) is 3.83. The number of rotatable bonds is 7. The molecule has 6 heteroatoms. The summed E-state index contributed by atoms with van der Waals surface area (Å²) in [5, 5.41) is 3.56. The fourth-order valence-corrected chi connectivity index (χ4v) is 3.00. The Hall–Kier alpha value is -2.08. The Morgan fingerprint density at radius 2 is 1.92 bits per heavy atom. The van der Waals surface area contributed by atoms with Gasteiger partial charge in [0.15, 0.2) is 0 Å². The number of benzene rings is 2. The van der Waals surface area contributed by atoms with Crippen LogP contribution in [0.4, 0.5) is 11.4 Å². The Morgan fingerprint density at radius 1 is 1.15 bits per heavy atom. The number of carbonyl (C=O) groups is 1. The van der Waals surface area contributed by atoms with Crippen molar-refractivity contribution in [2.24, 2.45) is 0 Å². The van der Waals surface area contributed by atoms with E-state index in [-0.39, 0.29) is 5.91 Å². The number of morpholine rings is 1. The van der Waals surface area contributed by atoms with Crippen LogP contribution in [0, 0.1) is 0 Å². The number of hydrogen-bond acceptors (Lipinski definition) is 4. The predicted octanol–water partition coefficient (Wildman–Crippen LogP) is 3.72. The fraction of sp³-hybridized carbons (Fsp3) is 0.350. The largest absolute Gasteiger partial charge is 0.378 e. The zero-order valence-corrected chi connectivity index (χ0v) is 15.4. The van der Waals surface area contributed by atoms with Crippen LogP contribution in [0.2, 0.25) is 5.02 Å². The summed E-state index contributed by atoms with van der Waals surface area (Å²) < 4.78 is 11.0. The summed E-state index contributed by atoms with van der Waals surface area (Å²) in [6, 6.07) is 15.5. The third-order valence-electron chi connectivity index (χ3n) is 4.17. The van der Waals surface area contributed by atoms with Gasteiger partial charge in [0.2, 0.25) is 5.91 Å². The summed E-state index contributed by atoms with van der Waals surface area (Å²) in [5.41, 5.74) is 2.79. The predicted molar refractivity (Wildman–Crippen MR) is 104 cm³/mol. The smallest absolute Gasteiger partial charge is 0.226 e. The van der Waals surface area contributed by atoms with Crippen LogP contribution in [-0.2, 0) is 20.9 Å². The standard InChI is InChI=1S/C20H23ClN2O3/c21-17-6-7-19(23-9-12-25-13-10-23)18(14-17)22-20(24)8-11-26-15-16-4-2-1-3-5-16/h1-7,14H,8-13,15H2,(H,22,24). The van der Waals surface area contributed by atoms with E-state index in [1.54, 1.807) is 6.07 Å². The van der Waals surface area contributed by atoms with Gasteiger partial charge in [-0.2, -0.15) is 0 Å². The molecule has 0 atom stereocenters. The quantitative estimate of drug-likeness (QED) is 0.750. The first-order valence-corrected chi connectivity index (χ1v) is 9.14. The summed E-state index contributed by atoms with van der Waals surface area (Å²) in [4.78, 5) is 14.5. The van der Waals surface area contributed by atoms with E-state index < -0.39 is 0 Å². The zero-order valence-electron chi connectivity index (χ0n) is 14.6. The second-order valence-corrected chi connectivity index (χ2v) is 6.53. The van der Waals surface area contributed by atoms with E-state index in [0.717, 1.165) is 30.0 Å². The summed E-state index contributed by atoms with van der Waals surface area (Å²) in [7, 11) is 0. The molecule has 0 spiro atoms. The number of nitrogens with one attached hydrogen (secondary N) is 1. The highest BCUT2D eigenvalue weighted by Crippen LogP contribution is 2.30. The third kappa shape index (κ3) is 5.46. The van der Waals surface area contributed by atoms with E-state index >= 15 is 0 Å². The topological polar surface area (TPSA) is 50.8 Å². The summed E-state index contributed by atoms with van der Waals surface area (Å²) >= 11 is 6.11. The van der Waals surface area contributed by atoms with Gasteiger partial charge in [0.1, 0.15) is 0 Å².